The van der Waals surface area contributed by atoms with Gasteiger partial charge in [0.25, 0.3) is 0 Å². The van der Waals surface area contributed by atoms with Crippen molar-refractivity contribution in [1.82, 2.24) is 9.13 Å². The van der Waals surface area contributed by atoms with Gasteiger partial charge in [0.1, 0.15) is 0 Å². The molecule has 0 aliphatic rings. The van der Waals surface area contributed by atoms with E-state index >= 15 is 0 Å². The molecule has 2 heterocycles. The van der Waals surface area contributed by atoms with Gasteiger partial charge in [-0.05, 0) is 91.0 Å². The molecule has 0 aliphatic carbocycles. The summed E-state index contributed by atoms with van der Waals surface area (Å²) in [6.45, 7) is 15.4. The number of nitriles is 2. The summed E-state index contributed by atoms with van der Waals surface area (Å²) in [6.07, 6.45) is 0. The second-order valence-electron chi connectivity index (χ2n) is 12.6. The van der Waals surface area contributed by atoms with Crippen LogP contribution in [0.5, 0.6) is 0 Å². The lowest BCUT2D eigenvalue weighted by Crippen LogP contribution is -2.09. The van der Waals surface area contributed by atoms with Gasteiger partial charge in [-0.25, -0.2) is 9.69 Å². The van der Waals surface area contributed by atoms with E-state index < -0.39 is 0 Å². The van der Waals surface area contributed by atoms with Gasteiger partial charge in [0.15, 0.2) is 5.69 Å². The Morgan fingerprint density at radius 2 is 1.04 bits per heavy atom. The minimum absolute atomic E-state index is 0.415. The second-order valence-corrected chi connectivity index (χ2v) is 12.6. The molecule has 244 valence electrons. The largest absolute Gasteiger partial charge is 0.319 e. The SMILES string of the molecule is [C-]#[N+]c1ccc(-n2c3ccccc3c3cc(N(c4ccccc4)c4ccc5c(c4)c4ccccc4n5-c4ccc(C#N)cc4[N+]#[C-])ccc32)c(C#N)c1. The number of hydrogen-bond acceptors (Lipinski definition) is 3. The molecule has 7 nitrogen and oxygen atoms in total. The molecule has 9 rings (SSSR count). The average molecular weight is 676 g/mol. The van der Waals surface area contributed by atoms with Gasteiger partial charge in [0.2, 0.25) is 5.69 Å². The van der Waals surface area contributed by atoms with Gasteiger partial charge in [-0.15, -0.1) is 0 Å². The van der Waals surface area contributed by atoms with Crippen molar-refractivity contribution in [1.29, 1.82) is 10.5 Å². The smallest absolute Gasteiger partial charge is 0.211 e. The van der Waals surface area contributed by atoms with E-state index in [1.165, 1.54) is 0 Å². The highest BCUT2D eigenvalue weighted by Gasteiger charge is 2.21. The van der Waals surface area contributed by atoms with E-state index in [0.717, 1.165) is 72.0 Å². The molecule has 2 aromatic heterocycles. The summed E-state index contributed by atoms with van der Waals surface area (Å²) in [5, 5.41) is 23.8. The van der Waals surface area contributed by atoms with Crippen LogP contribution in [0.25, 0.3) is 64.7 Å². The van der Waals surface area contributed by atoms with Crippen LogP contribution in [-0.2, 0) is 0 Å². The van der Waals surface area contributed by atoms with E-state index in [1.807, 2.05) is 54.6 Å². The van der Waals surface area contributed by atoms with Crippen molar-refractivity contribution in [3.05, 3.63) is 186 Å². The molecule has 0 spiro atoms. The second kappa shape index (κ2) is 12.3. The number of hydrogen-bond donors (Lipinski definition) is 0. The first-order valence-electron chi connectivity index (χ1n) is 16.9. The lowest BCUT2D eigenvalue weighted by atomic mass is 10.1. The maximum Gasteiger partial charge on any atom is 0.211 e. The summed E-state index contributed by atoms with van der Waals surface area (Å²) in [5.74, 6) is 0. The van der Waals surface area contributed by atoms with Crippen LogP contribution in [0.1, 0.15) is 11.1 Å². The van der Waals surface area contributed by atoms with E-state index in [1.54, 1.807) is 24.3 Å². The highest BCUT2D eigenvalue weighted by atomic mass is 15.1. The lowest BCUT2D eigenvalue weighted by Gasteiger charge is -2.26. The monoisotopic (exact) mass is 675 g/mol. The molecule has 0 radical (unpaired) electrons. The minimum atomic E-state index is 0.415. The van der Waals surface area contributed by atoms with Crippen LogP contribution in [0, 0.1) is 35.8 Å². The fraction of sp³-hybridized carbons (Fsp3) is 0. The number of anilines is 3. The summed E-state index contributed by atoms with van der Waals surface area (Å²) in [4.78, 5) is 9.59. The molecular formula is C46H25N7. The van der Waals surface area contributed by atoms with Crippen molar-refractivity contribution in [2.45, 2.75) is 0 Å². The highest BCUT2D eigenvalue weighted by molar-refractivity contribution is 6.13. The summed E-state index contributed by atoms with van der Waals surface area (Å²) in [6, 6.07) is 54.4. The molecule has 9 aromatic rings. The third-order valence-corrected chi connectivity index (χ3v) is 9.78. The maximum absolute atomic E-state index is 10.1. The number of aromatic nitrogens is 2. The molecule has 7 heteroatoms. The van der Waals surface area contributed by atoms with Gasteiger partial charge in [0, 0.05) is 44.2 Å². The number of nitrogens with zero attached hydrogens (tertiary/aromatic N) is 7. The van der Waals surface area contributed by atoms with Crippen LogP contribution in [0.4, 0.5) is 28.4 Å². The fourth-order valence-corrected chi connectivity index (χ4v) is 7.49. The zero-order valence-corrected chi connectivity index (χ0v) is 28.1. The van der Waals surface area contributed by atoms with Gasteiger partial charge in [0.05, 0.1) is 64.3 Å². The van der Waals surface area contributed by atoms with Crippen molar-refractivity contribution >= 4 is 72.0 Å². The van der Waals surface area contributed by atoms with Crippen molar-refractivity contribution in [3.63, 3.8) is 0 Å². The van der Waals surface area contributed by atoms with E-state index in [0.29, 0.717) is 22.5 Å². The zero-order valence-electron chi connectivity index (χ0n) is 28.1. The lowest BCUT2D eigenvalue weighted by molar-refractivity contribution is 1.17. The summed E-state index contributed by atoms with van der Waals surface area (Å²) < 4.78 is 4.21. The first kappa shape index (κ1) is 30.9. The quantitative estimate of drug-likeness (QED) is 0.171. The molecule has 7 aromatic carbocycles. The van der Waals surface area contributed by atoms with Crippen LogP contribution in [0.3, 0.4) is 0 Å². The summed E-state index contributed by atoms with van der Waals surface area (Å²) >= 11 is 0. The number of para-hydroxylation sites is 3. The van der Waals surface area contributed by atoms with Crippen LogP contribution in [0.15, 0.2) is 152 Å². The molecule has 0 saturated heterocycles. The average Bonchev–Trinajstić information content (AvgIpc) is 3.73. The Hall–Kier alpha value is -8.10. The summed E-state index contributed by atoms with van der Waals surface area (Å²) in [7, 11) is 0. The Balaban J connectivity index is 1.27. The van der Waals surface area contributed by atoms with Crippen LogP contribution in [-0.4, -0.2) is 9.13 Å². The first-order valence-corrected chi connectivity index (χ1v) is 16.9. The number of rotatable bonds is 5. The normalized spacial score (nSPS) is 10.9. The number of fused-ring (bicyclic) bond motifs is 6. The highest BCUT2D eigenvalue weighted by Crippen LogP contribution is 2.43. The van der Waals surface area contributed by atoms with Crippen molar-refractivity contribution in [2.75, 3.05) is 4.90 Å². The van der Waals surface area contributed by atoms with Crippen LogP contribution in [0.2, 0.25) is 0 Å². The Kier molecular flexibility index (Phi) is 7.20. The predicted octanol–water partition coefficient (Wildman–Crippen LogP) is 12.2. The van der Waals surface area contributed by atoms with Crippen LogP contribution < -0.4 is 4.90 Å². The molecule has 0 atom stereocenters. The molecular weight excluding hydrogens is 651 g/mol. The summed E-state index contributed by atoms with van der Waals surface area (Å²) in [5.41, 5.74) is 9.93. The standard InChI is InChI=1S/C46H25N7/c1-49-32-17-21-41(31(25-32)29-48)52-42-14-8-6-12-36(42)38-26-34(18-22-44(38)52)51(33-10-4-3-5-11-33)35-19-23-45-39(27-35)37-13-7-9-15-43(37)53(45)46-20-16-30(28-47)24-40(46)50-2/h3-27H. The van der Waals surface area contributed by atoms with Gasteiger partial charge in [-0.3, -0.25) is 0 Å². The molecule has 0 unspecified atom stereocenters. The van der Waals surface area contributed by atoms with Crippen molar-refractivity contribution < 1.29 is 0 Å². The Morgan fingerprint density at radius 3 is 1.62 bits per heavy atom. The van der Waals surface area contributed by atoms with Gasteiger partial charge in [-0.1, -0.05) is 60.7 Å². The first-order chi connectivity index (χ1) is 26.1. The van der Waals surface area contributed by atoms with Crippen molar-refractivity contribution in [3.8, 4) is 23.5 Å². The molecule has 0 saturated carbocycles. The van der Waals surface area contributed by atoms with E-state index in [-0.39, 0.29) is 0 Å². The van der Waals surface area contributed by atoms with Gasteiger partial charge >= 0.3 is 0 Å². The predicted molar refractivity (Wildman–Crippen MR) is 212 cm³/mol. The minimum Gasteiger partial charge on any atom is -0.319 e. The fourth-order valence-electron chi connectivity index (χ4n) is 7.49. The molecule has 0 bridgehead atoms. The Labute approximate surface area is 304 Å². The van der Waals surface area contributed by atoms with Crippen molar-refractivity contribution in [2.24, 2.45) is 0 Å². The van der Waals surface area contributed by atoms with E-state index in [2.05, 4.69) is 109 Å². The van der Waals surface area contributed by atoms with E-state index in [9.17, 15) is 10.5 Å². The van der Waals surface area contributed by atoms with Gasteiger partial charge in [-0.2, -0.15) is 10.5 Å². The Morgan fingerprint density at radius 1 is 0.472 bits per heavy atom. The number of benzene rings is 7. The maximum atomic E-state index is 10.1. The molecule has 0 amide bonds. The third kappa shape index (κ3) is 4.86. The topological polar surface area (TPSA) is 69.4 Å². The van der Waals surface area contributed by atoms with E-state index in [4.69, 9.17) is 13.1 Å². The zero-order chi connectivity index (χ0) is 36.1. The molecule has 53 heavy (non-hydrogen) atoms. The molecule has 0 aliphatic heterocycles. The Bertz CT molecular complexity index is 2930. The van der Waals surface area contributed by atoms with Crippen LogP contribution >= 0.6 is 0 Å². The molecule has 0 fully saturated rings. The molecule has 0 N–H and O–H groups in total. The van der Waals surface area contributed by atoms with Gasteiger partial charge < -0.3 is 14.0 Å². The third-order valence-electron chi connectivity index (χ3n) is 9.78.